The average Bonchev–Trinajstić information content (AvgIpc) is 4.08. The molecular formula is C48H65F2N9O8. The van der Waals surface area contributed by atoms with Crippen molar-refractivity contribution in [1.82, 2.24) is 44.8 Å². The second kappa shape index (κ2) is 20.3. The molecule has 0 radical (unpaired) electrons. The summed E-state index contributed by atoms with van der Waals surface area (Å²) >= 11 is 0. The summed E-state index contributed by atoms with van der Waals surface area (Å²) in [4.78, 5) is 93.7. The first-order valence-corrected chi connectivity index (χ1v) is 23.1. The Bertz CT molecular complexity index is 2520. The fraction of sp³-hybridized carbons (Fsp3) is 0.562. The Morgan fingerprint density at radius 3 is 2.09 bits per heavy atom. The van der Waals surface area contributed by atoms with Crippen LogP contribution in [-0.2, 0) is 36.9 Å². The number of nitrogens with zero attached hydrogens (tertiary/aromatic N) is 6. The van der Waals surface area contributed by atoms with E-state index >= 15 is 0 Å². The van der Waals surface area contributed by atoms with E-state index in [0.717, 1.165) is 10.5 Å². The molecule has 2 aliphatic rings. The minimum Gasteiger partial charge on any atom is -0.465 e. The SMILES string of the molecule is CCC(NC(=O)C(C)N(C)C(=O)OC(C)(C)C)C(=O)N1CCCC1Cc1c(-c2nc3cc(F)ccc3n2CC2CCCN2C(=O)C(NC(=O)C(C)N(C)C(=O)O)C(C)C)[nH]c2cc(F)ccc12. The number of rotatable bonds is 15. The average molecular weight is 934 g/mol. The van der Waals surface area contributed by atoms with E-state index in [2.05, 4.69) is 15.6 Å². The maximum Gasteiger partial charge on any atom is 0.410 e. The molecule has 6 unspecified atom stereocenters. The van der Waals surface area contributed by atoms with Crippen LogP contribution in [0.25, 0.3) is 33.5 Å². The van der Waals surface area contributed by atoms with Gasteiger partial charge in [-0.3, -0.25) is 29.0 Å². The molecule has 19 heteroatoms. The van der Waals surface area contributed by atoms with Gasteiger partial charge < -0.3 is 39.8 Å². The number of aromatic nitrogens is 3. The van der Waals surface area contributed by atoms with E-state index in [0.29, 0.717) is 85.1 Å². The Kier molecular flexibility index (Phi) is 15.2. The number of carbonyl (C=O) groups is 6. The Labute approximate surface area is 389 Å². The Hall–Kier alpha value is -6.27. The standard InChI is InChI=1S/C48H65F2N9O8/c1-11-35(53-42(60)28(5)56(10)47(66)67-48(6,7)8)44(62)57-20-12-14-31(57)24-34-33-18-16-29(49)22-36(33)51-40(34)41-52-37-23-30(50)17-19-38(37)59(41)25-32-15-13-21-58(32)45(63)39(26(2)3)54-43(61)27(4)55(9)46(64)65/h16-19,22-23,26-28,31-32,35,39,51H,11-15,20-21,24-25H2,1-10H3,(H,53,60)(H,54,61)(H,64,65). The molecule has 6 atom stereocenters. The van der Waals surface area contributed by atoms with Gasteiger partial charge in [-0.15, -0.1) is 0 Å². The summed E-state index contributed by atoms with van der Waals surface area (Å²) in [6.07, 6.45) is 1.28. The summed E-state index contributed by atoms with van der Waals surface area (Å²) in [5.74, 6) is -2.57. The van der Waals surface area contributed by atoms with E-state index in [1.165, 1.54) is 50.2 Å². The molecule has 0 bridgehead atoms. The molecule has 2 saturated heterocycles. The van der Waals surface area contributed by atoms with E-state index in [1.807, 2.05) is 18.4 Å². The van der Waals surface area contributed by atoms with Crippen LogP contribution in [0.1, 0.15) is 93.1 Å². The predicted octanol–water partition coefficient (Wildman–Crippen LogP) is 6.28. The summed E-state index contributed by atoms with van der Waals surface area (Å²) in [5.41, 5.74) is 1.97. The number of hydrogen-bond donors (Lipinski definition) is 4. The number of carboxylic acid groups (broad SMARTS) is 1. The van der Waals surface area contributed by atoms with Crippen molar-refractivity contribution in [1.29, 1.82) is 0 Å². The van der Waals surface area contributed by atoms with Crippen LogP contribution in [0.3, 0.4) is 0 Å². The van der Waals surface area contributed by atoms with Crippen LogP contribution < -0.4 is 10.6 Å². The molecular weight excluding hydrogens is 869 g/mol. The van der Waals surface area contributed by atoms with Crippen LogP contribution in [0.5, 0.6) is 0 Å². The first kappa shape index (κ1) is 50.1. The number of fused-ring (bicyclic) bond motifs is 2. The number of halogens is 2. The molecule has 4 N–H and O–H groups in total. The van der Waals surface area contributed by atoms with E-state index in [-0.39, 0.29) is 36.4 Å². The van der Waals surface area contributed by atoms with Crippen LogP contribution in [0.15, 0.2) is 36.4 Å². The number of aromatic amines is 1. The molecule has 0 spiro atoms. The largest absolute Gasteiger partial charge is 0.465 e. The lowest BCUT2D eigenvalue weighted by Crippen LogP contribution is -2.56. The summed E-state index contributed by atoms with van der Waals surface area (Å²) in [6.45, 7) is 14.7. The fourth-order valence-corrected chi connectivity index (χ4v) is 9.02. The number of amides is 6. The molecule has 4 aromatic rings. The first-order valence-electron chi connectivity index (χ1n) is 23.1. The number of likely N-dealkylation sites (N-methyl/N-ethyl adjacent to an activating group) is 2. The highest BCUT2D eigenvalue weighted by Gasteiger charge is 2.39. The minimum atomic E-state index is -1.28. The van der Waals surface area contributed by atoms with Crippen LogP contribution in [0.4, 0.5) is 18.4 Å². The third-order valence-corrected chi connectivity index (χ3v) is 13.1. The lowest BCUT2D eigenvalue weighted by Gasteiger charge is -2.33. The van der Waals surface area contributed by atoms with Gasteiger partial charge in [-0.2, -0.15) is 0 Å². The number of ether oxygens (including phenoxy) is 1. The molecule has 6 rings (SSSR count). The zero-order valence-corrected chi connectivity index (χ0v) is 40.1. The zero-order chi connectivity index (χ0) is 49.2. The molecule has 364 valence electrons. The van der Waals surface area contributed by atoms with Crippen LogP contribution in [0, 0.1) is 17.6 Å². The van der Waals surface area contributed by atoms with E-state index in [9.17, 15) is 42.7 Å². The van der Waals surface area contributed by atoms with Crippen molar-refractivity contribution < 1.29 is 47.4 Å². The Morgan fingerprint density at radius 1 is 0.866 bits per heavy atom. The van der Waals surface area contributed by atoms with Crippen molar-refractivity contribution in [2.24, 2.45) is 5.92 Å². The number of likely N-dealkylation sites (tertiary alicyclic amines) is 2. The molecule has 0 saturated carbocycles. The van der Waals surface area contributed by atoms with Crippen LogP contribution in [0.2, 0.25) is 0 Å². The van der Waals surface area contributed by atoms with Crippen molar-refractivity contribution in [2.75, 3.05) is 27.2 Å². The molecule has 2 fully saturated rings. The van der Waals surface area contributed by atoms with Gasteiger partial charge in [0.1, 0.15) is 41.4 Å². The molecule has 6 amide bonds. The molecule has 2 aromatic heterocycles. The van der Waals surface area contributed by atoms with Crippen LogP contribution in [-0.4, -0.2) is 144 Å². The van der Waals surface area contributed by atoms with Crippen molar-refractivity contribution >= 4 is 57.8 Å². The summed E-state index contributed by atoms with van der Waals surface area (Å²) in [7, 11) is 2.75. The van der Waals surface area contributed by atoms with Crippen molar-refractivity contribution in [3.05, 3.63) is 53.6 Å². The highest BCUT2D eigenvalue weighted by molar-refractivity contribution is 5.94. The van der Waals surface area contributed by atoms with E-state index < -0.39 is 65.4 Å². The maximum atomic E-state index is 14.9. The monoisotopic (exact) mass is 933 g/mol. The van der Waals surface area contributed by atoms with Gasteiger partial charge >= 0.3 is 12.2 Å². The molecule has 4 heterocycles. The smallest absolute Gasteiger partial charge is 0.410 e. The second-order valence-electron chi connectivity index (χ2n) is 19.2. The molecule has 17 nitrogen and oxygen atoms in total. The number of carbonyl (C=O) groups excluding carboxylic acids is 5. The third kappa shape index (κ3) is 11.0. The fourth-order valence-electron chi connectivity index (χ4n) is 9.02. The number of imidazole rings is 1. The number of nitrogens with one attached hydrogen (secondary N) is 3. The van der Waals surface area contributed by atoms with Crippen molar-refractivity contribution in [2.45, 2.75) is 142 Å². The van der Waals surface area contributed by atoms with E-state index in [4.69, 9.17) is 9.72 Å². The van der Waals surface area contributed by atoms with E-state index in [1.54, 1.807) is 56.6 Å². The first-order chi connectivity index (χ1) is 31.5. The van der Waals surface area contributed by atoms with Gasteiger partial charge in [-0.1, -0.05) is 20.8 Å². The quantitative estimate of drug-likeness (QED) is 0.106. The molecule has 67 heavy (non-hydrogen) atoms. The molecule has 0 aliphatic carbocycles. The summed E-state index contributed by atoms with van der Waals surface area (Å²) < 4.78 is 37.2. The predicted molar refractivity (Wildman–Crippen MR) is 248 cm³/mol. The highest BCUT2D eigenvalue weighted by atomic mass is 19.1. The molecule has 2 aromatic carbocycles. The molecule has 2 aliphatic heterocycles. The summed E-state index contributed by atoms with van der Waals surface area (Å²) in [6, 6.07) is 4.22. The number of benzene rings is 2. The second-order valence-corrected chi connectivity index (χ2v) is 19.2. The van der Waals surface area contributed by atoms with Gasteiger partial charge in [0.05, 0.1) is 16.7 Å². The van der Waals surface area contributed by atoms with Gasteiger partial charge in [0, 0.05) is 62.8 Å². The third-order valence-electron chi connectivity index (χ3n) is 13.1. The lowest BCUT2D eigenvalue weighted by atomic mass is 9.99. The zero-order valence-electron chi connectivity index (χ0n) is 40.1. The van der Waals surface area contributed by atoms with Crippen LogP contribution >= 0.6 is 0 Å². The van der Waals surface area contributed by atoms with Gasteiger partial charge in [0.25, 0.3) is 0 Å². The Balaban J connectivity index is 1.31. The van der Waals surface area contributed by atoms with Gasteiger partial charge in [0.15, 0.2) is 5.82 Å². The Morgan fingerprint density at radius 2 is 1.46 bits per heavy atom. The van der Waals surface area contributed by atoms with Gasteiger partial charge in [-0.05, 0) is 115 Å². The van der Waals surface area contributed by atoms with Gasteiger partial charge in [-0.25, -0.2) is 23.4 Å². The normalized spacial score (nSPS) is 18.2. The van der Waals surface area contributed by atoms with Gasteiger partial charge in [0.2, 0.25) is 23.6 Å². The lowest BCUT2D eigenvalue weighted by molar-refractivity contribution is -0.139. The maximum absolute atomic E-state index is 14.9. The van der Waals surface area contributed by atoms with Crippen molar-refractivity contribution in [3.63, 3.8) is 0 Å². The highest BCUT2D eigenvalue weighted by Crippen LogP contribution is 2.37. The number of H-pyrrole nitrogens is 1. The topological polar surface area (TPSA) is 203 Å². The number of hydrogen-bond acceptors (Lipinski definition) is 8. The minimum absolute atomic E-state index is 0.233. The summed E-state index contributed by atoms with van der Waals surface area (Å²) in [5, 5.41) is 15.8. The van der Waals surface area contributed by atoms with Crippen molar-refractivity contribution in [3.8, 4) is 11.5 Å².